The minimum absolute atomic E-state index is 0.0897. The van der Waals surface area contributed by atoms with Gasteiger partial charge in [-0.3, -0.25) is 4.90 Å². The zero-order chi connectivity index (χ0) is 14.5. The molecule has 0 bridgehead atoms. The Balaban J connectivity index is 2.08. The lowest BCUT2D eigenvalue weighted by atomic mass is 10.1. The molecule has 2 rings (SSSR count). The summed E-state index contributed by atoms with van der Waals surface area (Å²) in [5.74, 6) is 1.67. The number of hydrogen-bond acceptors (Lipinski definition) is 3. The Hall–Kier alpha value is -1.06. The van der Waals surface area contributed by atoms with E-state index in [1.54, 1.807) is 7.11 Å². The van der Waals surface area contributed by atoms with E-state index in [0.29, 0.717) is 0 Å². The summed E-state index contributed by atoms with van der Waals surface area (Å²) >= 11 is 0. The van der Waals surface area contributed by atoms with Gasteiger partial charge in [-0.15, -0.1) is 0 Å². The van der Waals surface area contributed by atoms with Gasteiger partial charge in [0, 0.05) is 18.2 Å². The van der Waals surface area contributed by atoms with E-state index in [4.69, 9.17) is 4.74 Å². The molecule has 1 aromatic rings. The van der Waals surface area contributed by atoms with Crippen molar-refractivity contribution in [3.63, 3.8) is 0 Å². The quantitative estimate of drug-likeness (QED) is 0.792. The van der Waals surface area contributed by atoms with E-state index in [1.165, 1.54) is 24.8 Å². The highest BCUT2D eigenvalue weighted by Gasteiger charge is 2.29. The molecule has 0 aromatic heterocycles. The predicted octanol–water partition coefficient (Wildman–Crippen LogP) is 3.20. The van der Waals surface area contributed by atoms with Crippen molar-refractivity contribution in [2.45, 2.75) is 52.3 Å². The van der Waals surface area contributed by atoms with Crippen LogP contribution in [0.2, 0.25) is 0 Å². The van der Waals surface area contributed by atoms with Gasteiger partial charge in [0.1, 0.15) is 5.75 Å². The van der Waals surface area contributed by atoms with Gasteiger partial charge in [-0.05, 0) is 49.4 Å². The first-order valence-corrected chi connectivity index (χ1v) is 7.64. The summed E-state index contributed by atoms with van der Waals surface area (Å²) in [5.41, 5.74) is 2.15. The molecule has 0 saturated heterocycles. The first kappa shape index (κ1) is 15.3. The van der Waals surface area contributed by atoms with Crippen LogP contribution in [0.5, 0.6) is 5.75 Å². The standard InChI is InChI=1S/C17H27NO2/c1-13(2)8-9-18(16-5-6-16)11-15-10-14(12-19)4-7-17(15)20-3/h4,7,10,13,16,19H,5-6,8-9,11-12H2,1-3H3. The van der Waals surface area contributed by atoms with Crippen molar-refractivity contribution in [1.29, 1.82) is 0 Å². The molecular formula is C17H27NO2. The topological polar surface area (TPSA) is 32.7 Å². The number of hydrogen-bond donors (Lipinski definition) is 1. The van der Waals surface area contributed by atoms with Crippen molar-refractivity contribution < 1.29 is 9.84 Å². The molecule has 1 aromatic carbocycles. The summed E-state index contributed by atoms with van der Waals surface area (Å²) in [6.07, 6.45) is 3.87. The molecule has 20 heavy (non-hydrogen) atoms. The highest BCUT2D eigenvalue weighted by molar-refractivity contribution is 5.37. The summed E-state index contributed by atoms with van der Waals surface area (Å²) in [6.45, 7) is 6.71. The van der Waals surface area contributed by atoms with Crippen LogP contribution in [-0.4, -0.2) is 29.7 Å². The second kappa shape index (κ2) is 7.09. The van der Waals surface area contributed by atoms with Gasteiger partial charge in [-0.2, -0.15) is 0 Å². The van der Waals surface area contributed by atoms with Crippen molar-refractivity contribution in [1.82, 2.24) is 4.90 Å². The van der Waals surface area contributed by atoms with Crippen LogP contribution < -0.4 is 4.74 Å². The Bertz CT molecular complexity index is 427. The van der Waals surface area contributed by atoms with E-state index in [-0.39, 0.29) is 6.61 Å². The van der Waals surface area contributed by atoms with Crippen molar-refractivity contribution in [2.24, 2.45) is 5.92 Å². The molecular weight excluding hydrogens is 250 g/mol. The summed E-state index contributed by atoms with van der Waals surface area (Å²) in [6, 6.07) is 6.71. The van der Waals surface area contributed by atoms with Crippen LogP contribution in [0.1, 0.15) is 44.2 Å². The molecule has 0 amide bonds. The van der Waals surface area contributed by atoms with Crippen molar-refractivity contribution in [3.8, 4) is 5.75 Å². The second-order valence-corrected chi connectivity index (χ2v) is 6.19. The number of methoxy groups -OCH3 is 1. The Morgan fingerprint density at radius 3 is 2.65 bits per heavy atom. The predicted molar refractivity (Wildman–Crippen MR) is 81.8 cm³/mol. The minimum atomic E-state index is 0.0897. The zero-order valence-corrected chi connectivity index (χ0v) is 12.9. The van der Waals surface area contributed by atoms with Gasteiger partial charge in [0.15, 0.2) is 0 Å². The third kappa shape index (κ3) is 4.22. The number of rotatable bonds is 8. The zero-order valence-electron chi connectivity index (χ0n) is 12.9. The van der Waals surface area contributed by atoms with Gasteiger partial charge in [0.05, 0.1) is 13.7 Å². The van der Waals surface area contributed by atoms with Gasteiger partial charge in [0.25, 0.3) is 0 Å². The number of benzene rings is 1. The highest BCUT2D eigenvalue weighted by atomic mass is 16.5. The van der Waals surface area contributed by atoms with Crippen LogP contribution >= 0.6 is 0 Å². The van der Waals surface area contributed by atoms with Crippen LogP contribution in [0.25, 0.3) is 0 Å². The lowest BCUT2D eigenvalue weighted by Crippen LogP contribution is -2.27. The lowest BCUT2D eigenvalue weighted by Gasteiger charge is -2.24. The van der Waals surface area contributed by atoms with E-state index in [1.807, 2.05) is 12.1 Å². The third-order valence-corrected chi connectivity index (χ3v) is 3.96. The van der Waals surface area contributed by atoms with Gasteiger partial charge in [-0.1, -0.05) is 19.9 Å². The molecule has 1 N–H and O–H groups in total. The molecule has 3 heteroatoms. The smallest absolute Gasteiger partial charge is 0.123 e. The van der Waals surface area contributed by atoms with E-state index >= 15 is 0 Å². The van der Waals surface area contributed by atoms with Crippen LogP contribution in [0.4, 0.5) is 0 Å². The Labute approximate surface area is 122 Å². The van der Waals surface area contributed by atoms with E-state index < -0.39 is 0 Å². The molecule has 0 radical (unpaired) electrons. The summed E-state index contributed by atoms with van der Waals surface area (Å²) in [5, 5.41) is 9.30. The Morgan fingerprint density at radius 2 is 2.10 bits per heavy atom. The first-order chi connectivity index (χ1) is 9.63. The van der Waals surface area contributed by atoms with E-state index in [9.17, 15) is 5.11 Å². The molecule has 0 aliphatic heterocycles. The van der Waals surface area contributed by atoms with Crippen LogP contribution in [0.3, 0.4) is 0 Å². The van der Waals surface area contributed by atoms with Gasteiger partial charge >= 0.3 is 0 Å². The average molecular weight is 277 g/mol. The molecule has 1 aliphatic carbocycles. The molecule has 1 saturated carbocycles. The fraction of sp³-hybridized carbons (Fsp3) is 0.647. The fourth-order valence-electron chi connectivity index (χ4n) is 2.53. The lowest BCUT2D eigenvalue weighted by molar-refractivity contribution is 0.235. The summed E-state index contributed by atoms with van der Waals surface area (Å²) in [4.78, 5) is 2.57. The molecule has 1 aliphatic rings. The van der Waals surface area contributed by atoms with Crippen molar-refractivity contribution >= 4 is 0 Å². The summed E-state index contributed by atoms with van der Waals surface area (Å²) in [7, 11) is 1.72. The van der Waals surface area contributed by atoms with Crippen molar-refractivity contribution in [3.05, 3.63) is 29.3 Å². The fourth-order valence-corrected chi connectivity index (χ4v) is 2.53. The number of ether oxygens (including phenoxy) is 1. The number of aliphatic hydroxyl groups excluding tert-OH is 1. The first-order valence-electron chi connectivity index (χ1n) is 7.64. The Morgan fingerprint density at radius 1 is 1.35 bits per heavy atom. The summed E-state index contributed by atoms with van der Waals surface area (Å²) < 4.78 is 5.46. The highest BCUT2D eigenvalue weighted by Crippen LogP contribution is 2.31. The van der Waals surface area contributed by atoms with E-state index in [2.05, 4.69) is 24.8 Å². The monoisotopic (exact) mass is 277 g/mol. The van der Waals surface area contributed by atoms with Crippen LogP contribution in [0.15, 0.2) is 18.2 Å². The van der Waals surface area contributed by atoms with Gasteiger partial charge in [0.2, 0.25) is 0 Å². The van der Waals surface area contributed by atoms with Crippen LogP contribution in [-0.2, 0) is 13.2 Å². The molecule has 112 valence electrons. The molecule has 0 atom stereocenters. The maximum Gasteiger partial charge on any atom is 0.123 e. The van der Waals surface area contributed by atoms with Crippen LogP contribution in [0, 0.1) is 5.92 Å². The molecule has 0 heterocycles. The third-order valence-electron chi connectivity index (χ3n) is 3.96. The normalized spacial score (nSPS) is 15.1. The largest absolute Gasteiger partial charge is 0.496 e. The average Bonchev–Trinajstić information content (AvgIpc) is 3.27. The number of aliphatic hydroxyl groups is 1. The minimum Gasteiger partial charge on any atom is -0.496 e. The maximum absolute atomic E-state index is 9.30. The molecule has 3 nitrogen and oxygen atoms in total. The molecule has 1 fully saturated rings. The van der Waals surface area contributed by atoms with E-state index in [0.717, 1.165) is 36.4 Å². The molecule has 0 spiro atoms. The number of nitrogens with zero attached hydrogens (tertiary/aromatic N) is 1. The van der Waals surface area contributed by atoms with Crippen molar-refractivity contribution in [2.75, 3.05) is 13.7 Å². The van der Waals surface area contributed by atoms with Gasteiger partial charge < -0.3 is 9.84 Å². The molecule has 0 unspecified atom stereocenters. The maximum atomic E-state index is 9.30. The van der Waals surface area contributed by atoms with Gasteiger partial charge in [-0.25, -0.2) is 0 Å². The SMILES string of the molecule is COc1ccc(CO)cc1CN(CCC(C)C)C1CC1. The second-order valence-electron chi connectivity index (χ2n) is 6.19. The Kier molecular flexibility index (Phi) is 5.44.